The van der Waals surface area contributed by atoms with Gasteiger partial charge in [0.25, 0.3) is 12.4 Å². The minimum atomic E-state index is -0.927. The zero-order valence-corrected chi connectivity index (χ0v) is 40.3. The van der Waals surface area contributed by atoms with Gasteiger partial charge < -0.3 is 29.2 Å². The van der Waals surface area contributed by atoms with Crippen molar-refractivity contribution in [2.45, 2.75) is 111 Å². The van der Waals surface area contributed by atoms with Gasteiger partial charge in [-0.1, -0.05) is 64.6 Å². The van der Waals surface area contributed by atoms with Gasteiger partial charge in [0.1, 0.15) is 12.1 Å². The maximum absolute atomic E-state index is 14.5. The van der Waals surface area contributed by atoms with Gasteiger partial charge in [0, 0.05) is 80.9 Å². The number of aryl methyl sites for hydroxylation is 1. The number of pyridine rings is 1. The van der Waals surface area contributed by atoms with E-state index in [0.29, 0.717) is 45.5 Å². The molecule has 2 N–H and O–H groups in total. The Morgan fingerprint density at radius 2 is 1.80 bits per heavy atom. The van der Waals surface area contributed by atoms with Gasteiger partial charge in [-0.05, 0) is 105 Å². The second kappa shape index (κ2) is 21.6. The van der Waals surface area contributed by atoms with Crippen molar-refractivity contribution in [2.75, 3.05) is 40.4 Å². The number of fused-ring (bicyclic) bond motifs is 1. The Bertz CT molecular complexity index is 2400. The van der Waals surface area contributed by atoms with Crippen LogP contribution in [-0.2, 0) is 52.8 Å². The molecule has 0 aliphatic carbocycles. The predicted octanol–water partition coefficient (Wildman–Crippen LogP) is 6.90. The number of carbonyl (C=O) groups is 5. The number of nitrogens with zero attached hydrogens (tertiary/aromatic N) is 5. The van der Waals surface area contributed by atoms with Crippen LogP contribution in [0.25, 0.3) is 33.3 Å². The number of aromatic nitrogens is 2. The smallest absolute Gasteiger partial charge is 0.293 e. The maximum Gasteiger partial charge on any atom is 0.293 e. The van der Waals surface area contributed by atoms with E-state index in [-0.39, 0.29) is 48.8 Å². The summed E-state index contributed by atoms with van der Waals surface area (Å²) in [5.74, 6) is -1.83. The Kier molecular flexibility index (Phi) is 16.2. The SMILES string of the molecule is C=CC(=O)N1CCC(C(=O)N(C)C(C(=O)NC(Cc2cccc(-c3ccc4c(c3)c(CC(C)(C)COC=O)c(-c3cccnc3C(C)OC)n4CC)c2)C(=O)N2CCCCN2)C(C)C)C1C. The number of likely N-dealkylation sites (N-methyl/N-ethyl adjacent to an activating group) is 1. The fraction of sp³-hybridized carbons (Fsp3) is 0.500. The Morgan fingerprint density at radius 3 is 2.47 bits per heavy atom. The lowest BCUT2D eigenvalue weighted by Crippen LogP contribution is -2.60. The molecule has 354 valence electrons. The molecule has 4 aromatic rings. The van der Waals surface area contributed by atoms with Crippen LogP contribution in [0.4, 0.5) is 0 Å². The number of ether oxygens (including phenoxy) is 2. The highest BCUT2D eigenvalue weighted by Gasteiger charge is 2.42. The summed E-state index contributed by atoms with van der Waals surface area (Å²) >= 11 is 0. The molecular formula is C52H69N7O7. The molecule has 14 heteroatoms. The number of hydrogen-bond acceptors (Lipinski definition) is 9. The summed E-state index contributed by atoms with van der Waals surface area (Å²) in [6.07, 6.45) is 5.89. The van der Waals surface area contributed by atoms with Crippen LogP contribution in [0.15, 0.2) is 73.4 Å². The summed E-state index contributed by atoms with van der Waals surface area (Å²) < 4.78 is 13.4. The highest BCUT2D eigenvalue weighted by atomic mass is 16.5. The first-order valence-electron chi connectivity index (χ1n) is 23.4. The summed E-state index contributed by atoms with van der Waals surface area (Å²) in [6, 6.07) is 16.5. The van der Waals surface area contributed by atoms with Crippen LogP contribution < -0.4 is 10.7 Å². The Hall–Kier alpha value is -5.86. The molecule has 2 aliphatic heterocycles. The number of benzene rings is 2. The number of hydrazine groups is 1. The Balaban J connectivity index is 1.36. The van der Waals surface area contributed by atoms with Crippen LogP contribution in [-0.4, -0.2) is 113 Å². The molecule has 66 heavy (non-hydrogen) atoms. The number of carbonyl (C=O) groups excluding carboxylic acids is 5. The lowest BCUT2D eigenvalue weighted by atomic mass is 9.84. The number of methoxy groups -OCH3 is 1. The second-order valence-electron chi connectivity index (χ2n) is 18.9. The van der Waals surface area contributed by atoms with Gasteiger partial charge in [-0.15, -0.1) is 0 Å². The quantitative estimate of drug-likeness (QED) is 0.0756. The molecule has 4 heterocycles. The summed E-state index contributed by atoms with van der Waals surface area (Å²) in [5, 5.41) is 5.78. The van der Waals surface area contributed by atoms with Gasteiger partial charge in [-0.25, -0.2) is 5.43 Å². The third-order valence-corrected chi connectivity index (χ3v) is 13.4. The van der Waals surface area contributed by atoms with E-state index in [1.165, 1.54) is 11.0 Å². The molecule has 2 fully saturated rings. The Morgan fingerprint density at radius 1 is 1.05 bits per heavy atom. The van der Waals surface area contributed by atoms with Gasteiger partial charge in [-0.3, -0.25) is 34.0 Å². The van der Waals surface area contributed by atoms with Crippen molar-refractivity contribution in [3.63, 3.8) is 0 Å². The van der Waals surface area contributed by atoms with Crippen molar-refractivity contribution in [3.05, 3.63) is 90.3 Å². The van der Waals surface area contributed by atoms with E-state index < -0.39 is 29.3 Å². The second-order valence-corrected chi connectivity index (χ2v) is 18.9. The largest absolute Gasteiger partial charge is 0.467 e. The Labute approximate surface area is 390 Å². The third-order valence-electron chi connectivity index (χ3n) is 13.4. The topological polar surface area (TPSA) is 155 Å². The zero-order chi connectivity index (χ0) is 47.9. The first-order valence-corrected chi connectivity index (χ1v) is 23.4. The van der Waals surface area contributed by atoms with E-state index in [0.717, 1.165) is 62.9 Å². The zero-order valence-electron chi connectivity index (χ0n) is 40.3. The lowest BCUT2D eigenvalue weighted by molar-refractivity contribution is -0.146. The first-order chi connectivity index (χ1) is 31.5. The number of amides is 4. The normalized spacial score (nSPS) is 17.9. The van der Waals surface area contributed by atoms with Crippen molar-refractivity contribution in [2.24, 2.45) is 17.3 Å². The van der Waals surface area contributed by atoms with Crippen LogP contribution in [0.1, 0.15) is 90.7 Å². The molecule has 0 spiro atoms. The van der Waals surface area contributed by atoms with Crippen molar-refractivity contribution < 1.29 is 33.4 Å². The molecule has 2 aromatic heterocycles. The van der Waals surface area contributed by atoms with E-state index in [1.807, 2.05) is 52.0 Å². The predicted molar refractivity (Wildman–Crippen MR) is 257 cm³/mol. The lowest BCUT2D eigenvalue weighted by Gasteiger charge is -2.35. The van der Waals surface area contributed by atoms with Crippen LogP contribution in [0.5, 0.6) is 0 Å². The molecule has 2 aliphatic rings. The summed E-state index contributed by atoms with van der Waals surface area (Å²) in [7, 11) is 3.32. The van der Waals surface area contributed by atoms with Crippen molar-refractivity contribution >= 4 is 41.0 Å². The third kappa shape index (κ3) is 10.7. The molecule has 5 unspecified atom stereocenters. The highest BCUT2D eigenvalue weighted by Crippen LogP contribution is 2.42. The average molecular weight is 904 g/mol. The minimum Gasteiger partial charge on any atom is -0.467 e. The molecule has 4 amide bonds. The van der Waals surface area contributed by atoms with Gasteiger partial charge >= 0.3 is 0 Å². The molecule has 0 bridgehead atoms. The molecule has 2 saturated heterocycles. The molecule has 0 radical (unpaired) electrons. The van der Waals surface area contributed by atoms with Gasteiger partial charge in [0.2, 0.25) is 17.7 Å². The fourth-order valence-corrected chi connectivity index (χ4v) is 9.92. The van der Waals surface area contributed by atoms with E-state index in [9.17, 15) is 24.0 Å². The van der Waals surface area contributed by atoms with Crippen molar-refractivity contribution in [1.29, 1.82) is 0 Å². The highest BCUT2D eigenvalue weighted by molar-refractivity contribution is 5.96. The standard InChI is InChI=1S/C52H69N7O7/c1-11-45(61)58-26-22-39(34(58)5)50(63)56(9)47(33(3)4)49(62)55-43(51(64)59-25-14-13-24-54-59)28-36-17-15-18-37(27-36)38-20-21-44-41(29-38)42(30-52(7,8)31-66-32-60)48(57(44)12-2)40-19-16-23-53-46(40)35(6)65-10/h11,15-21,23,27,29,32-35,39,43,47,54H,1,12-14,22,24-26,28,30-31H2,2-10H3,(H,55,62). The summed E-state index contributed by atoms with van der Waals surface area (Å²) in [5.41, 5.74) is 10.6. The van der Waals surface area contributed by atoms with Crippen molar-refractivity contribution in [1.82, 2.24) is 35.1 Å². The van der Waals surface area contributed by atoms with Crippen LogP contribution in [0.2, 0.25) is 0 Å². The van der Waals surface area contributed by atoms with E-state index >= 15 is 0 Å². The monoisotopic (exact) mass is 904 g/mol. The fourth-order valence-electron chi connectivity index (χ4n) is 9.92. The number of hydrogen-bond donors (Lipinski definition) is 2. The first kappa shape index (κ1) is 49.6. The minimum absolute atomic E-state index is 0.214. The van der Waals surface area contributed by atoms with Crippen LogP contribution in [0, 0.1) is 17.3 Å². The van der Waals surface area contributed by atoms with Crippen LogP contribution in [0.3, 0.4) is 0 Å². The molecule has 5 atom stereocenters. The van der Waals surface area contributed by atoms with Crippen LogP contribution >= 0.6 is 0 Å². The molecule has 0 saturated carbocycles. The number of rotatable bonds is 19. The number of likely N-dealkylation sites (tertiary alicyclic amines) is 1. The van der Waals surface area contributed by atoms with E-state index in [1.54, 1.807) is 30.3 Å². The molecule has 6 rings (SSSR count). The van der Waals surface area contributed by atoms with Gasteiger partial charge in [0.15, 0.2) is 0 Å². The molecule has 14 nitrogen and oxygen atoms in total. The molecule has 2 aromatic carbocycles. The summed E-state index contributed by atoms with van der Waals surface area (Å²) in [4.78, 5) is 74.6. The average Bonchev–Trinajstić information content (AvgIpc) is 3.85. The van der Waals surface area contributed by atoms with E-state index in [2.05, 4.69) is 73.0 Å². The van der Waals surface area contributed by atoms with Gasteiger partial charge in [-0.2, -0.15) is 0 Å². The number of nitrogens with one attached hydrogen (secondary N) is 2. The van der Waals surface area contributed by atoms with Gasteiger partial charge in [0.05, 0.1) is 30.0 Å². The molecular weight excluding hydrogens is 835 g/mol. The van der Waals surface area contributed by atoms with Crippen molar-refractivity contribution in [3.8, 4) is 22.4 Å². The summed E-state index contributed by atoms with van der Waals surface area (Å²) in [6.45, 7) is 20.6. The van der Waals surface area contributed by atoms with E-state index in [4.69, 9.17) is 14.5 Å². The maximum atomic E-state index is 14.5.